The van der Waals surface area contributed by atoms with E-state index in [1.165, 1.54) is 7.11 Å². The lowest BCUT2D eigenvalue weighted by Crippen LogP contribution is -2.47. The summed E-state index contributed by atoms with van der Waals surface area (Å²) >= 11 is 2.09. The van der Waals surface area contributed by atoms with Gasteiger partial charge in [-0.3, -0.25) is 14.5 Å². The van der Waals surface area contributed by atoms with Crippen LogP contribution in [0.15, 0.2) is 28.9 Å². The molecule has 0 aromatic heterocycles. The molecule has 2 amide bonds. The first kappa shape index (κ1) is 29.6. The second-order valence-corrected chi connectivity index (χ2v) is 12.8. The van der Waals surface area contributed by atoms with Gasteiger partial charge in [0.05, 0.1) is 35.2 Å². The minimum atomic E-state index is -0.986. The normalized spacial score (nSPS) is 27.8. The fourth-order valence-electron chi connectivity index (χ4n) is 7.34. The molecular weight excluding hydrogens is 624 g/mol. The molecule has 1 aromatic carbocycles. The second-order valence-electron chi connectivity index (χ2n) is 11.7. The molecule has 8 nitrogen and oxygen atoms in total. The van der Waals surface area contributed by atoms with Crippen molar-refractivity contribution in [3.8, 4) is 11.5 Å². The smallest absolute Gasteiger partial charge is 0.455 e. The van der Waals surface area contributed by atoms with Crippen LogP contribution in [0.5, 0.6) is 11.5 Å². The molecule has 2 aliphatic carbocycles. The van der Waals surface area contributed by atoms with E-state index in [4.69, 9.17) is 14.1 Å². The summed E-state index contributed by atoms with van der Waals surface area (Å²) in [7, 11) is 2.20. The van der Waals surface area contributed by atoms with Gasteiger partial charge < -0.3 is 24.3 Å². The Bertz CT molecular complexity index is 1210. The molecule has 0 radical (unpaired) electrons. The van der Waals surface area contributed by atoms with E-state index in [0.717, 1.165) is 54.4 Å². The monoisotopic (exact) mass is 663 g/mol. The maximum atomic E-state index is 13.8. The molecule has 40 heavy (non-hydrogen) atoms. The van der Waals surface area contributed by atoms with Crippen molar-refractivity contribution in [2.45, 2.75) is 76.8 Å². The Kier molecular flexibility index (Phi) is 9.29. The summed E-state index contributed by atoms with van der Waals surface area (Å²) in [4.78, 5) is 29.1. The lowest BCUT2D eigenvalue weighted by Gasteiger charge is -2.43. The Labute approximate surface area is 250 Å². The highest BCUT2D eigenvalue weighted by Crippen LogP contribution is 2.51. The number of methoxy groups -OCH3 is 2. The molecule has 2 N–H and O–H groups in total. The van der Waals surface area contributed by atoms with Crippen molar-refractivity contribution in [3.63, 3.8) is 0 Å². The third-order valence-corrected chi connectivity index (χ3v) is 9.91. The Morgan fingerprint density at radius 1 is 1.18 bits per heavy atom. The molecule has 4 aliphatic rings. The van der Waals surface area contributed by atoms with Crippen LogP contribution in [0.4, 0.5) is 0 Å². The van der Waals surface area contributed by atoms with Gasteiger partial charge in [-0.15, -0.1) is 0 Å². The van der Waals surface area contributed by atoms with Gasteiger partial charge in [-0.2, -0.15) is 0 Å². The molecule has 1 saturated carbocycles. The van der Waals surface area contributed by atoms with Gasteiger partial charge in [0.1, 0.15) is 0 Å². The van der Waals surface area contributed by atoms with E-state index in [0.29, 0.717) is 41.5 Å². The van der Waals surface area contributed by atoms with Crippen LogP contribution < -0.4 is 4.74 Å². The van der Waals surface area contributed by atoms with Gasteiger partial charge in [0.2, 0.25) is 11.8 Å². The number of carbonyl (C=O) groups is 2. The Morgan fingerprint density at radius 2 is 1.93 bits per heavy atom. The highest BCUT2D eigenvalue weighted by atomic mass is 127. The molecular formula is C30H39BINO7. The second kappa shape index (κ2) is 12.5. The van der Waals surface area contributed by atoms with Gasteiger partial charge in [-0.25, -0.2) is 0 Å². The zero-order chi connectivity index (χ0) is 28.6. The average Bonchev–Trinajstić information content (AvgIpc) is 3.18. The van der Waals surface area contributed by atoms with Crippen molar-refractivity contribution in [1.29, 1.82) is 0 Å². The molecule has 0 bridgehead atoms. The molecule has 5 rings (SSSR count). The van der Waals surface area contributed by atoms with E-state index in [1.807, 2.05) is 13.0 Å². The first-order valence-electron chi connectivity index (χ1n) is 14.4. The van der Waals surface area contributed by atoms with Gasteiger partial charge in [0, 0.05) is 13.2 Å². The van der Waals surface area contributed by atoms with Gasteiger partial charge in [0.15, 0.2) is 11.5 Å². The van der Waals surface area contributed by atoms with Crippen molar-refractivity contribution in [1.82, 2.24) is 4.90 Å². The number of halogens is 1. The summed E-state index contributed by atoms with van der Waals surface area (Å²) in [5.41, 5.74) is 4.13. The molecule has 10 heteroatoms. The van der Waals surface area contributed by atoms with E-state index >= 15 is 0 Å². The molecule has 0 unspecified atom stereocenters. The van der Waals surface area contributed by atoms with Crippen molar-refractivity contribution in [3.05, 3.63) is 38.0 Å². The number of rotatable bonds is 8. The molecule has 3 fully saturated rings. The topological polar surface area (TPSA) is 106 Å². The van der Waals surface area contributed by atoms with Crippen LogP contribution in [0.2, 0.25) is 6.32 Å². The number of fused-ring (bicyclic) bond motifs is 3. The number of benzene rings is 1. The van der Waals surface area contributed by atoms with Crippen LogP contribution in [0.3, 0.4) is 0 Å². The Hall–Kier alpha value is -1.89. The Balaban J connectivity index is 1.39. The van der Waals surface area contributed by atoms with Crippen LogP contribution in [-0.4, -0.2) is 66.9 Å². The standard InChI is InChI=1S/C30H39BINO7/c1-17(11-18-12-23(32)28(34)25(13-18)39-3)9-10-24-26-19(16-38-2)14-21-27(22(26)15-31(37)40-24)30(36)33(29(21)35)20-7-5-4-6-8-20/h11-13,20-22,24,27,34,37H,4-10,14-16H2,1-3H3/b17-11+/t21-,22+,24-,27-/m1/s1. The fraction of sp³-hybridized carbons (Fsp3) is 0.600. The zero-order valence-corrected chi connectivity index (χ0v) is 25.7. The van der Waals surface area contributed by atoms with Gasteiger partial charge in [-0.05, 0) is 103 Å². The third kappa shape index (κ3) is 5.74. The number of hydrogen-bond donors (Lipinski definition) is 2. The number of ether oxygens (including phenoxy) is 2. The van der Waals surface area contributed by atoms with Crippen molar-refractivity contribution < 1.29 is 33.8 Å². The zero-order valence-electron chi connectivity index (χ0n) is 23.5. The SMILES string of the molecule is COCC1=C2[C@@H](CC/C(C)=C/c3cc(I)c(O)c(OC)c3)OB(O)C[C@@H]2[C@@H]2C(=O)N(C3CCCCC3)C(=O)[C@@H]2C1. The van der Waals surface area contributed by atoms with Crippen LogP contribution >= 0.6 is 22.6 Å². The third-order valence-electron chi connectivity index (χ3n) is 9.09. The number of aromatic hydroxyl groups is 1. The first-order valence-corrected chi connectivity index (χ1v) is 15.5. The molecule has 2 heterocycles. The molecule has 0 spiro atoms. The predicted octanol–water partition coefficient (Wildman–Crippen LogP) is 4.97. The van der Waals surface area contributed by atoms with Gasteiger partial charge >= 0.3 is 7.12 Å². The van der Waals surface area contributed by atoms with Crippen LogP contribution in [0.1, 0.15) is 63.9 Å². The van der Waals surface area contributed by atoms with Gasteiger partial charge in [0.25, 0.3) is 0 Å². The lowest BCUT2D eigenvalue weighted by atomic mass is 9.58. The van der Waals surface area contributed by atoms with Crippen LogP contribution in [0.25, 0.3) is 6.08 Å². The number of allylic oxidation sites excluding steroid dienone is 1. The van der Waals surface area contributed by atoms with Crippen LogP contribution in [0, 0.1) is 21.3 Å². The minimum Gasteiger partial charge on any atom is -0.504 e. The highest BCUT2D eigenvalue weighted by molar-refractivity contribution is 14.1. The maximum absolute atomic E-state index is 13.8. The largest absolute Gasteiger partial charge is 0.504 e. The number of amides is 2. The van der Waals surface area contributed by atoms with Crippen molar-refractivity contribution in [2.75, 3.05) is 20.8 Å². The van der Waals surface area contributed by atoms with Gasteiger partial charge in [-0.1, -0.05) is 30.9 Å². The number of phenolic OH excluding ortho intramolecular Hbond substituents is 1. The average molecular weight is 663 g/mol. The molecule has 1 aromatic rings. The van der Waals surface area contributed by atoms with E-state index in [9.17, 15) is 19.7 Å². The number of hydrogen-bond acceptors (Lipinski definition) is 7. The number of phenols is 1. The van der Waals surface area contributed by atoms with E-state index in [2.05, 4.69) is 28.7 Å². The summed E-state index contributed by atoms with van der Waals surface area (Å²) in [5, 5.41) is 21.0. The van der Waals surface area contributed by atoms with Crippen molar-refractivity contribution in [2.24, 2.45) is 17.8 Å². The summed E-state index contributed by atoms with van der Waals surface area (Å²) in [5.74, 6) is -0.581. The van der Waals surface area contributed by atoms with E-state index in [1.54, 1.807) is 18.1 Å². The highest BCUT2D eigenvalue weighted by Gasteiger charge is 2.58. The summed E-state index contributed by atoms with van der Waals surface area (Å²) in [6, 6.07) is 3.71. The lowest BCUT2D eigenvalue weighted by molar-refractivity contribution is -0.143. The van der Waals surface area contributed by atoms with E-state index in [-0.39, 0.29) is 41.5 Å². The van der Waals surface area contributed by atoms with Crippen LogP contribution in [-0.2, 0) is 19.0 Å². The van der Waals surface area contributed by atoms with E-state index < -0.39 is 13.0 Å². The number of carbonyl (C=O) groups excluding carboxylic acids is 2. The van der Waals surface area contributed by atoms with Crippen molar-refractivity contribution >= 4 is 47.6 Å². The fourth-order valence-corrected chi connectivity index (χ4v) is 7.97. The molecule has 216 valence electrons. The first-order chi connectivity index (χ1) is 19.2. The Morgan fingerprint density at radius 3 is 2.62 bits per heavy atom. The molecule has 4 atom stereocenters. The molecule has 2 aliphatic heterocycles. The summed E-state index contributed by atoms with van der Waals surface area (Å²) in [6.45, 7) is 2.43. The number of nitrogens with zero attached hydrogens (tertiary/aromatic N) is 1. The summed E-state index contributed by atoms with van der Waals surface area (Å²) < 4.78 is 17.7. The predicted molar refractivity (Wildman–Crippen MR) is 161 cm³/mol. The number of imide groups is 1. The molecule has 2 saturated heterocycles. The summed E-state index contributed by atoms with van der Waals surface area (Å²) in [6.07, 6.45) is 8.91. The maximum Gasteiger partial charge on any atom is 0.455 e. The minimum absolute atomic E-state index is 0.00334. The quantitative estimate of drug-likeness (QED) is 0.175. The number of likely N-dealkylation sites (tertiary alicyclic amines) is 1.